The van der Waals surface area contributed by atoms with Crippen LogP contribution in [-0.4, -0.2) is 17.3 Å². The van der Waals surface area contributed by atoms with E-state index in [1.807, 2.05) is 24.3 Å². The Kier molecular flexibility index (Phi) is 4.39. The van der Waals surface area contributed by atoms with Crippen LogP contribution in [0, 0.1) is 5.82 Å². The second-order valence-corrected chi connectivity index (χ2v) is 5.54. The second-order valence-electron chi connectivity index (χ2n) is 4.49. The van der Waals surface area contributed by atoms with E-state index < -0.39 is 0 Å². The van der Waals surface area contributed by atoms with Crippen molar-refractivity contribution in [2.45, 2.75) is 10.6 Å². The molecule has 1 heterocycles. The monoisotopic (exact) mass is 316 g/mol. The number of benzene rings is 2. The molecule has 0 amide bonds. The summed E-state index contributed by atoms with van der Waals surface area (Å²) in [6, 6.07) is 13.7. The van der Waals surface area contributed by atoms with Crippen molar-refractivity contribution in [3.63, 3.8) is 0 Å². The molecule has 1 aromatic heterocycles. The topological polar surface area (TPSA) is 48.2 Å². The van der Waals surface area contributed by atoms with Crippen LogP contribution < -0.4 is 4.74 Å². The summed E-state index contributed by atoms with van der Waals surface area (Å²) in [5.74, 6) is 2.05. The first kappa shape index (κ1) is 14.6. The third-order valence-electron chi connectivity index (χ3n) is 2.97. The molecule has 0 fully saturated rings. The van der Waals surface area contributed by atoms with E-state index in [2.05, 4.69) is 10.1 Å². The Morgan fingerprint density at radius 3 is 2.77 bits per heavy atom. The summed E-state index contributed by atoms with van der Waals surface area (Å²) < 4.78 is 23.3. The van der Waals surface area contributed by atoms with E-state index >= 15 is 0 Å². The summed E-state index contributed by atoms with van der Waals surface area (Å²) in [5.41, 5.74) is 0.725. The summed E-state index contributed by atoms with van der Waals surface area (Å²) in [6.45, 7) is 0. The lowest BCUT2D eigenvalue weighted by molar-refractivity contribution is 0.391. The molecular formula is C16H13FN2O2S. The first-order valence-electron chi connectivity index (χ1n) is 6.60. The molecule has 0 unspecified atom stereocenters. The average Bonchev–Trinajstić information content (AvgIpc) is 3.03. The van der Waals surface area contributed by atoms with Gasteiger partial charge in [-0.2, -0.15) is 4.98 Å². The fourth-order valence-corrected chi connectivity index (χ4v) is 2.65. The number of rotatable bonds is 5. The lowest BCUT2D eigenvalue weighted by Gasteiger charge is -2.02. The second kappa shape index (κ2) is 6.62. The van der Waals surface area contributed by atoms with Gasteiger partial charge >= 0.3 is 0 Å². The lowest BCUT2D eigenvalue weighted by Crippen LogP contribution is -1.85. The van der Waals surface area contributed by atoms with Gasteiger partial charge in [-0.25, -0.2) is 4.39 Å². The van der Waals surface area contributed by atoms with Gasteiger partial charge in [-0.1, -0.05) is 11.2 Å². The number of hydrogen-bond donors (Lipinski definition) is 0. The summed E-state index contributed by atoms with van der Waals surface area (Å²) in [5, 5.41) is 3.92. The smallest absolute Gasteiger partial charge is 0.237 e. The number of thioether (sulfide) groups is 1. The fraction of sp³-hybridized carbons (Fsp3) is 0.125. The van der Waals surface area contributed by atoms with Crippen molar-refractivity contribution in [2.75, 3.05) is 7.11 Å². The van der Waals surface area contributed by atoms with Gasteiger partial charge in [0.05, 0.1) is 12.9 Å². The highest BCUT2D eigenvalue weighted by Gasteiger charge is 2.09. The third kappa shape index (κ3) is 3.46. The Morgan fingerprint density at radius 1 is 1.18 bits per heavy atom. The molecule has 2 aromatic carbocycles. The van der Waals surface area contributed by atoms with E-state index in [0.29, 0.717) is 17.5 Å². The van der Waals surface area contributed by atoms with Crippen molar-refractivity contribution in [3.8, 4) is 17.1 Å². The van der Waals surface area contributed by atoms with Gasteiger partial charge in [0.2, 0.25) is 11.7 Å². The molecule has 4 nitrogen and oxygen atoms in total. The minimum Gasteiger partial charge on any atom is -0.497 e. The predicted molar refractivity (Wildman–Crippen MR) is 82.2 cm³/mol. The van der Waals surface area contributed by atoms with Gasteiger partial charge < -0.3 is 9.26 Å². The predicted octanol–water partition coefficient (Wildman–Crippen LogP) is 4.18. The number of ether oxygens (including phenoxy) is 1. The number of halogens is 1. The zero-order valence-corrected chi connectivity index (χ0v) is 12.6. The third-order valence-corrected chi connectivity index (χ3v) is 3.95. The van der Waals surface area contributed by atoms with E-state index in [4.69, 9.17) is 9.26 Å². The number of hydrogen-bond acceptors (Lipinski definition) is 5. The van der Waals surface area contributed by atoms with Gasteiger partial charge in [0.1, 0.15) is 11.6 Å². The van der Waals surface area contributed by atoms with Crippen molar-refractivity contribution in [3.05, 3.63) is 60.2 Å². The quantitative estimate of drug-likeness (QED) is 0.661. The Morgan fingerprint density at radius 2 is 2.00 bits per heavy atom. The Balaban J connectivity index is 1.67. The van der Waals surface area contributed by atoms with Crippen LogP contribution in [0.5, 0.6) is 5.75 Å². The van der Waals surface area contributed by atoms with E-state index in [1.54, 1.807) is 31.0 Å². The van der Waals surface area contributed by atoms with E-state index in [-0.39, 0.29) is 5.82 Å². The molecule has 112 valence electrons. The lowest BCUT2D eigenvalue weighted by atomic mass is 10.2. The van der Waals surface area contributed by atoms with Gasteiger partial charge in [-0.3, -0.25) is 0 Å². The minimum absolute atomic E-state index is 0.291. The van der Waals surface area contributed by atoms with Gasteiger partial charge in [0.25, 0.3) is 0 Å². The van der Waals surface area contributed by atoms with Crippen molar-refractivity contribution in [1.82, 2.24) is 10.1 Å². The molecule has 0 aliphatic carbocycles. The standard InChI is InChI=1S/C16H13FN2O2S/c1-20-13-3-2-4-14(9-13)22-10-15-18-16(19-21-15)11-5-7-12(17)8-6-11/h2-9H,10H2,1H3. The molecule has 3 aromatic rings. The molecule has 0 bridgehead atoms. The maximum atomic E-state index is 12.9. The first-order valence-corrected chi connectivity index (χ1v) is 7.58. The summed E-state index contributed by atoms with van der Waals surface area (Å²) >= 11 is 1.58. The van der Waals surface area contributed by atoms with E-state index in [9.17, 15) is 4.39 Å². The highest BCUT2D eigenvalue weighted by atomic mass is 32.2. The normalized spacial score (nSPS) is 10.6. The Labute approximate surface area is 131 Å². The largest absolute Gasteiger partial charge is 0.497 e. The molecule has 3 rings (SSSR count). The molecule has 0 N–H and O–H groups in total. The zero-order chi connectivity index (χ0) is 15.4. The molecule has 0 aliphatic heterocycles. The van der Waals surface area contributed by atoms with Crippen molar-refractivity contribution >= 4 is 11.8 Å². The molecule has 0 radical (unpaired) electrons. The highest BCUT2D eigenvalue weighted by molar-refractivity contribution is 7.98. The minimum atomic E-state index is -0.291. The SMILES string of the molecule is COc1cccc(SCc2nc(-c3ccc(F)cc3)no2)c1. The molecule has 6 heteroatoms. The maximum absolute atomic E-state index is 12.9. The van der Waals surface area contributed by atoms with Crippen molar-refractivity contribution in [1.29, 1.82) is 0 Å². The maximum Gasteiger partial charge on any atom is 0.237 e. The molecular weight excluding hydrogens is 303 g/mol. The highest BCUT2D eigenvalue weighted by Crippen LogP contribution is 2.26. The molecule has 0 saturated carbocycles. The van der Waals surface area contributed by atoms with Crippen LogP contribution in [0.1, 0.15) is 5.89 Å². The Hall–Kier alpha value is -2.34. The fourth-order valence-electron chi connectivity index (χ4n) is 1.87. The van der Waals surface area contributed by atoms with Crippen molar-refractivity contribution < 1.29 is 13.7 Å². The van der Waals surface area contributed by atoms with Crippen LogP contribution in [0.15, 0.2) is 57.9 Å². The first-order chi connectivity index (χ1) is 10.7. The molecule has 0 atom stereocenters. The van der Waals surface area contributed by atoms with Crippen LogP contribution in [0.25, 0.3) is 11.4 Å². The van der Waals surface area contributed by atoms with Crippen LogP contribution in [0.2, 0.25) is 0 Å². The molecule has 0 aliphatic rings. The summed E-state index contributed by atoms with van der Waals surface area (Å²) in [6.07, 6.45) is 0. The number of aromatic nitrogens is 2. The van der Waals surface area contributed by atoms with Gasteiger partial charge in [0.15, 0.2) is 0 Å². The Bertz CT molecular complexity index is 759. The van der Waals surface area contributed by atoms with E-state index in [0.717, 1.165) is 16.2 Å². The van der Waals surface area contributed by atoms with Crippen LogP contribution in [0.3, 0.4) is 0 Å². The zero-order valence-electron chi connectivity index (χ0n) is 11.8. The van der Waals surface area contributed by atoms with Gasteiger partial charge in [-0.05, 0) is 42.5 Å². The van der Waals surface area contributed by atoms with Gasteiger partial charge in [-0.15, -0.1) is 11.8 Å². The van der Waals surface area contributed by atoms with Gasteiger partial charge in [0, 0.05) is 10.5 Å². The number of nitrogens with zero attached hydrogens (tertiary/aromatic N) is 2. The van der Waals surface area contributed by atoms with Crippen LogP contribution in [-0.2, 0) is 5.75 Å². The van der Waals surface area contributed by atoms with Crippen LogP contribution >= 0.6 is 11.8 Å². The molecule has 0 spiro atoms. The molecule has 22 heavy (non-hydrogen) atoms. The summed E-state index contributed by atoms with van der Waals surface area (Å²) in [4.78, 5) is 5.37. The van der Waals surface area contributed by atoms with Crippen molar-refractivity contribution in [2.24, 2.45) is 0 Å². The number of methoxy groups -OCH3 is 1. The summed E-state index contributed by atoms with van der Waals surface area (Å²) in [7, 11) is 1.64. The molecule has 0 saturated heterocycles. The van der Waals surface area contributed by atoms with E-state index in [1.165, 1.54) is 12.1 Å². The average molecular weight is 316 g/mol. The van der Waals surface area contributed by atoms with Crippen LogP contribution in [0.4, 0.5) is 4.39 Å².